The van der Waals surface area contributed by atoms with Crippen LogP contribution in [-0.2, 0) is 4.79 Å². The molecule has 0 aliphatic heterocycles. The first-order valence-electron chi connectivity index (χ1n) is 10.2. The third kappa shape index (κ3) is 4.08. The second kappa shape index (κ2) is 8.87. The lowest BCUT2D eigenvalue weighted by Crippen LogP contribution is -2.28. The van der Waals surface area contributed by atoms with Crippen LogP contribution in [0.15, 0.2) is 85.1 Å². The Morgan fingerprint density at radius 1 is 0.933 bits per heavy atom. The number of ether oxygens (including phenoxy) is 1. The van der Waals surface area contributed by atoms with E-state index in [0.29, 0.717) is 6.42 Å². The zero-order valence-corrected chi connectivity index (χ0v) is 17.3. The van der Waals surface area contributed by atoms with E-state index in [-0.39, 0.29) is 17.9 Å². The monoisotopic (exact) mass is 398 g/mol. The van der Waals surface area contributed by atoms with Gasteiger partial charge in [-0.3, -0.25) is 4.79 Å². The van der Waals surface area contributed by atoms with Crippen LogP contribution >= 0.6 is 0 Å². The van der Waals surface area contributed by atoms with E-state index in [2.05, 4.69) is 22.4 Å². The van der Waals surface area contributed by atoms with Crippen molar-refractivity contribution in [2.45, 2.75) is 25.3 Å². The van der Waals surface area contributed by atoms with E-state index in [4.69, 9.17) is 4.74 Å². The van der Waals surface area contributed by atoms with Crippen LogP contribution in [0.2, 0.25) is 0 Å². The second-order valence-electron chi connectivity index (χ2n) is 7.49. The van der Waals surface area contributed by atoms with Crippen LogP contribution in [0.25, 0.3) is 10.9 Å². The van der Waals surface area contributed by atoms with Crippen molar-refractivity contribution >= 4 is 16.8 Å². The van der Waals surface area contributed by atoms with Gasteiger partial charge in [-0.25, -0.2) is 0 Å². The molecule has 2 atom stereocenters. The number of carbonyl (C=O) groups is 1. The minimum atomic E-state index is -0.125. The van der Waals surface area contributed by atoms with E-state index in [1.807, 2.05) is 79.9 Å². The zero-order chi connectivity index (χ0) is 20.9. The van der Waals surface area contributed by atoms with Gasteiger partial charge in [-0.1, -0.05) is 66.7 Å². The summed E-state index contributed by atoms with van der Waals surface area (Å²) in [6.07, 6.45) is 2.34. The number of benzene rings is 3. The fraction of sp³-hybridized carbons (Fsp3) is 0.192. The van der Waals surface area contributed by atoms with Gasteiger partial charge in [0.15, 0.2) is 0 Å². The maximum Gasteiger partial charge on any atom is 0.221 e. The van der Waals surface area contributed by atoms with Gasteiger partial charge in [-0.15, -0.1) is 0 Å². The molecule has 0 spiro atoms. The SMILES string of the molecule is COc1ccccc1[C@@H](CC(=O)N[C@H](C)c1ccccc1)c1c[nH]c2ccccc12. The molecule has 4 rings (SSSR count). The van der Waals surface area contributed by atoms with Crippen molar-refractivity contribution in [3.63, 3.8) is 0 Å². The Morgan fingerprint density at radius 2 is 1.63 bits per heavy atom. The molecule has 1 aromatic heterocycles. The molecule has 1 amide bonds. The summed E-state index contributed by atoms with van der Waals surface area (Å²) in [7, 11) is 1.67. The summed E-state index contributed by atoms with van der Waals surface area (Å²) >= 11 is 0. The van der Waals surface area contributed by atoms with Crippen LogP contribution in [-0.4, -0.2) is 18.0 Å². The molecule has 0 saturated heterocycles. The first-order valence-corrected chi connectivity index (χ1v) is 10.2. The molecule has 4 nitrogen and oxygen atoms in total. The van der Waals surface area contributed by atoms with Gasteiger partial charge in [0.25, 0.3) is 0 Å². The number of fused-ring (bicyclic) bond motifs is 1. The molecule has 0 fully saturated rings. The van der Waals surface area contributed by atoms with Crippen molar-refractivity contribution in [2.24, 2.45) is 0 Å². The van der Waals surface area contributed by atoms with Gasteiger partial charge in [-0.2, -0.15) is 0 Å². The highest BCUT2D eigenvalue weighted by atomic mass is 16.5. The van der Waals surface area contributed by atoms with E-state index in [9.17, 15) is 4.79 Å². The van der Waals surface area contributed by atoms with E-state index in [1.54, 1.807) is 7.11 Å². The van der Waals surface area contributed by atoms with Crippen molar-refractivity contribution in [3.05, 3.63) is 102 Å². The quantitative estimate of drug-likeness (QED) is 0.427. The maximum absolute atomic E-state index is 13.1. The molecule has 0 saturated carbocycles. The summed E-state index contributed by atoms with van der Waals surface area (Å²) in [5, 5.41) is 4.28. The number of methoxy groups -OCH3 is 1. The van der Waals surface area contributed by atoms with Gasteiger partial charge >= 0.3 is 0 Å². The van der Waals surface area contributed by atoms with Gasteiger partial charge in [0.2, 0.25) is 5.91 Å². The van der Waals surface area contributed by atoms with Crippen molar-refractivity contribution in [3.8, 4) is 5.75 Å². The second-order valence-corrected chi connectivity index (χ2v) is 7.49. The summed E-state index contributed by atoms with van der Waals surface area (Å²) in [4.78, 5) is 16.4. The summed E-state index contributed by atoms with van der Waals surface area (Å²) in [5.74, 6) is 0.671. The van der Waals surface area contributed by atoms with Gasteiger partial charge in [-0.05, 0) is 30.2 Å². The minimum Gasteiger partial charge on any atom is -0.496 e. The summed E-state index contributed by atoms with van der Waals surface area (Å²) in [6.45, 7) is 2.01. The molecule has 2 N–H and O–H groups in total. The first kappa shape index (κ1) is 19.8. The Balaban J connectivity index is 1.66. The predicted octanol–water partition coefficient (Wildman–Crippen LogP) is 5.58. The van der Waals surface area contributed by atoms with E-state index >= 15 is 0 Å². The maximum atomic E-state index is 13.1. The summed E-state index contributed by atoms with van der Waals surface area (Å²) < 4.78 is 5.63. The Labute approximate surface area is 176 Å². The Morgan fingerprint density at radius 3 is 2.43 bits per heavy atom. The van der Waals surface area contributed by atoms with E-state index in [1.165, 1.54) is 0 Å². The normalized spacial score (nSPS) is 13.0. The number of para-hydroxylation sites is 2. The highest BCUT2D eigenvalue weighted by Crippen LogP contribution is 2.37. The summed E-state index contributed by atoms with van der Waals surface area (Å²) in [6, 6.07) is 26.1. The smallest absolute Gasteiger partial charge is 0.221 e. The van der Waals surface area contributed by atoms with Crippen LogP contribution in [0.1, 0.15) is 42.0 Å². The number of aromatic amines is 1. The number of hydrogen-bond acceptors (Lipinski definition) is 2. The van der Waals surface area contributed by atoms with Gasteiger partial charge < -0.3 is 15.0 Å². The molecule has 30 heavy (non-hydrogen) atoms. The number of carbonyl (C=O) groups excluding carboxylic acids is 1. The average molecular weight is 399 g/mol. The molecule has 4 aromatic rings. The Kier molecular flexibility index (Phi) is 5.84. The van der Waals surface area contributed by atoms with Crippen molar-refractivity contribution in [1.82, 2.24) is 10.3 Å². The lowest BCUT2D eigenvalue weighted by atomic mass is 9.87. The lowest BCUT2D eigenvalue weighted by molar-refractivity contribution is -0.121. The van der Waals surface area contributed by atoms with Gasteiger partial charge in [0.1, 0.15) is 5.75 Å². The van der Waals surface area contributed by atoms with Crippen LogP contribution in [0, 0.1) is 0 Å². The van der Waals surface area contributed by atoms with E-state index < -0.39 is 0 Å². The molecule has 1 heterocycles. The fourth-order valence-electron chi connectivity index (χ4n) is 4.03. The van der Waals surface area contributed by atoms with Crippen LogP contribution in [0.4, 0.5) is 0 Å². The van der Waals surface area contributed by atoms with Gasteiger partial charge in [0, 0.05) is 35.0 Å². The third-order valence-electron chi connectivity index (χ3n) is 5.58. The molecule has 0 unspecified atom stereocenters. The highest BCUT2D eigenvalue weighted by molar-refractivity contribution is 5.86. The number of hydrogen-bond donors (Lipinski definition) is 2. The van der Waals surface area contributed by atoms with Crippen LogP contribution in [0.3, 0.4) is 0 Å². The zero-order valence-electron chi connectivity index (χ0n) is 17.3. The highest BCUT2D eigenvalue weighted by Gasteiger charge is 2.24. The third-order valence-corrected chi connectivity index (χ3v) is 5.58. The first-order chi connectivity index (χ1) is 14.7. The molecule has 0 aliphatic rings. The number of amides is 1. The van der Waals surface area contributed by atoms with Crippen LogP contribution < -0.4 is 10.1 Å². The number of H-pyrrole nitrogens is 1. The molecule has 3 aromatic carbocycles. The largest absolute Gasteiger partial charge is 0.496 e. The number of nitrogens with one attached hydrogen (secondary N) is 2. The predicted molar refractivity (Wildman–Crippen MR) is 121 cm³/mol. The number of rotatable bonds is 7. The van der Waals surface area contributed by atoms with Crippen molar-refractivity contribution < 1.29 is 9.53 Å². The number of aromatic nitrogens is 1. The topological polar surface area (TPSA) is 54.1 Å². The molecule has 0 aliphatic carbocycles. The van der Waals surface area contributed by atoms with E-state index in [0.717, 1.165) is 33.3 Å². The van der Waals surface area contributed by atoms with Crippen molar-refractivity contribution in [2.75, 3.05) is 7.11 Å². The van der Waals surface area contributed by atoms with Gasteiger partial charge in [0.05, 0.1) is 13.2 Å². The molecule has 0 radical (unpaired) electrons. The van der Waals surface area contributed by atoms with Crippen LogP contribution in [0.5, 0.6) is 5.75 Å². The molecule has 152 valence electrons. The molecular formula is C26H26N2O2. The Hall–Kier alpha value is -3.53. The minimum absolute atomic E-state index is 0.00698. The molecular weight excluding hydrogens is 372 g/mol. The Bertz CT molecular complexity index is 1130. The molecule has 4 heteroatoms. The fourth-order valence-corrected chi connectivity index (χ4v) is 4.03. The lowest BCUT2D eigenvalue weighted by Gasteiger charge is -2.21. The standard InChI is InChI=1S/C26H26N2O2/c1-18(19-10-4-3-5-11-19)28-26(29)16-22(21-13-7-9-15-25(21)30-2)23-17-27-24-14-8-6-12-20(23)24/h3-15,17-18,22,27H,16H2,1-2H3,(H,28,29)/t18-,22-/m1/s1. The van der Waals surface area contributed by atoms with Crippen molar-refractivity contribution in [1.29, 1.82) is 0 Å². The molecule has 0 bridgehead atoms. The summed E-state index contributed by atoms with van der Waals surface area (Å²) in [5.41, 5.74) is 4.25. The average Bonchev–Trinajstić information content (AvgIpc) is 3.22.